The van der Waals surface area contributed by atoms with Crippen LogP contribution in [0, 0.1) is 13.8 Å². The monoisotopic (exact) mass is 393 g/mol. The highest BCUT2D eigenvalue weighted by Crippen LogP contribution is 2.24. The number of rotatable bonds is 3. The van der Waals surface area contributed by atoms with Crippen LogP contribution in [-0.2, 0) is 0 Å². The van der Waals surface area contributed by atoms with Crippen LogP contribution >= 0.6 is 0 Å². The largest absolute Gasteiger partial charge is 0.368 e. The Kier molecular flexibility index (Phi) is 5.72. The van der Waals surface area contributed by atoms with Gasteiger partial charge in [0.05, 0.1) is 11.9 Å². The Bertz CT molecular complexity index is 850. The second-order valence-electron chi connectivity index (χ2n) is 8.19. The molecule has 29 heavy (non-hydrogen) atoms. The van der Waals surface area contributed by atoms with Crippen LogP contribution in [0.3, 0.4) is 0 Å². The molecule has 0 radical (unpaired) electrons. The predicted octanol–water partition coefficient (Wildman–Crippen LogP) is 2.41. The van der Waals surface area contributed by atoms with Gasteiger partial charge >= 0.3 is 0 Å². The molecule has 0 aliphatic carbocycles. The standard InChI is InChI=1S/C23H31N5O/c1-18-5-4-6-22(19(18)2)27-13-15-28(16-14-27)23(29)21-8-7-20(17-24-21)26-11-9-25(3)10-12-26/h4-8,17H,9-16H2,1-3H3. The van der Waals surface area contributed by atoms with Gasteiger partial charge < -0.3 is 19.6 Å². The summed E-state index contributed by atoms with van der Waals surface area (Å²) in [6.07, 6.45) is 1.85. The van der Waals surface area contributed by atoms with Crippen molar-refractivity contribution in [2.45, 2.75) is 13.8 Å². The molecule has 6 heteroatoms. The number of likely N-dealkylation sites (N-methyl/N-ethyl adjacent to an activating group) is 1. The van der Waals surface area contributed by atoms with Gasteiger partial charge in [0, 0.05) is 58.0 Å². The fourth-order valence-electron chi connectivity index (χ4n) is 4.15. The Morgan fingerprint density at radius 2 is 1.55 bits per heavy atom. The number of hydrogen-bond donors (Lipinski definition) is 0. The van der Waals surface area contributed by atoms with Gasteiger partial charge in [0.2, 0.25) is 0 Å². The Hall–Kier alpha value is -2.60. The quantitative estimate of drug-likeness (QED) is 0.801. The highest BCUT2D eigenvalue weighted by molar-refractivity contribution is 5.92. The lowest BCUT2D eigenvalue weighted by atomic mass is 10.1. The van der Waals surface area contributed by atoms with E-state index in [1.165, 1.54) is 16.8 Å². The zero-order chi connectivity index (χ0) is 20.4. The number of hydrogen-bond acceptors (Lipinski definition) is 5. The van der Waals surface area contributed by atoms with Crippen LogP contribution in [0.5, 0.6) is 0 Å². The lowest BCUT2D eigenvalue weighted by Crippen LogP contribution is -2.49. The third-order valence-corrected chi connectivity index (χ3v) is 6.32. The van der Waals surface area contributed by atoms with Crippen LogP contribution in [0.4, 0.5) is 11.4 Å². The van der Waals surface area contributed by atoms with Gasteiger partial charge in [-0.15, -0.1) is 0 Å². The molecule has 0 saturated carbocycles. The molecule has 1 aromatic carbocycles. The SMILES string of the molecule is Cc1cccc(N2CCN(C(=O)c3ccc(N4CCN(C)CC4)cn3)CC2)c1C. The first-order chi connectivity index (χ1) is 14.0. The van der Waals surface area contributed by atoms with Crippen LogP contribution in [0.25, 0.3) is 0 Å². The molecule has 6 nitrogen and oxygen atoms in total. The van der Waals surface area contributed by atoms with Crippen molar-refractivity contribution in [1.29, 1.82) is 0 Å². The van der Waals surface area contributed by atoms with Crippen LogP contribution in [0.15, 0.2) is 36.5 Å². The molecule has 1 aromatic heterocycles. The van der Waals surface area contributed by atoms with Gasteiger partial charge in [0.15, 0.2) is 0 Å². The van der Waals surface area contributed by atoms with Crippen LogP contribution in [-0.4, -0.2) is 80.1 Å². The molecule has 4 rings (SSSR count). The predicted molar refractivity (Wildman–Crippen MR) is 118 cm³/mol. The van der Waals surface area contributed by atoms with Crippen LogP contribution in [0.2, 0.25) is 0 Å². The summed E-state index contributed by atoms with van der Waals surface area (Å²) in [6.45, 7) is 11.6. The first-order valence-corrected chi connectivity index (χ1v) is 10.5. The molecular formula is C23H31N5O. The zero-order valence-electron chi connectivity index (χ0n) is 17.8. The van der Waals surface area contributed by atoms with Crippen molar-refractivity contribution in [3.8, 4) is 0 Å². The fraction of sp³-hybridized carbons (Fsp3) is 0.478. The minimum atomic E-state index is 0.0375. The summed E-state index contributed by atoms with van der Waals surface area (Å²) in [5.74, 6) is 0.0375. The number of benzene rings is 1. The number of carbonyl (C=O) groups is 1. The summed E-state index contributed by atoms with van der Waals surface area (Å²) in [4.78, 5) is 26.4. The van der Waals surface area contributed by atoms with E-state index in [4.69, 9.17) is 0 Å². The molecular weight excluding hydrogens is 362 g/mol. The molecule has 2 aliphatic rings. The van der Waals surface area contributed by atoms with Crippen LogP contribution in [0.1, 0.15) is 21.6 Å². The molecule has 0 bridgehead atoms. The van der Waals surface area contributed by atoms with Gasteiger partial charge in [0.1, 0.15) is 5.69 Å². The average Bonchev–Trinajstić information content (AvgIpc) is 2.76. The normalized spacial score (nSPS) is 18.2. The van der Waals surface area contributed by atoms with E-state index in [0.717, 1.165) is 58.0 Å². The van der Waals surface area contributed by atoms with Crippen molar-refractivity contribution in [3.63, 3.8) is 0 Å². The third kappa shape index (κ3) is 4.22. The fourth-order valence-corrected chi connectivity index (χ4v) is 4.15. The first-order valence-electron chi connectivity index (χ1n) is 10.5. The molecule has 2 fully saturated rings. The van der Waals surface area contributed by atoms with Gasteiger partial charge in [0.25, 0.3) is 5.91 Å². The minimum absolute atomic E-state index is 0.0375. The summed E-state index contributed by atoms with van der Waals surface area (Å²) in [5, 5.41) is 0. The smallest absolute Gasteiger partial charge is 0.272 e. The molecule has 0 unspecified atom stereocenters. The van der Waals surface area contributed by atoms with Gasteiger partial charge in [-0.25, -0.2) is 4.98 Å². The van der Waals surface area contributed by atoms with E-state index < -0.39 is 0 Å². The number of aromatic nitrogens is 1. The molecule has 3 heterocycles. The summed E-state index contributed by atoms with van der Waals surface area (Å²) in [5.41, 5.74) is 5.57. The highest BCUT2D eigenvalue weighted by atomic mass is 16.2. The molecule has 2 aromatic rings. The first kappa shape index (κ1) is 19.7. The number of piperazine rings is 2. The molecule has 0 atom stereocenters. The number of pyridine rings is 1. The second-order valence-corrected chi connectivity index (χ2v) is 8.19. The maximum Gasteiger partial charge on any atom is 0.272 e. The number of nitrogens with zero attached hydrogens (tertiary/aromatic N) is 5. The van der Waals surface area contributed by atoms with E-state index in [9.17, 15) is 4.79 Å². The Morgan fingerprint density at radius 3 is 2.21 bits per heavy atom. The average molecular weight is 394 g/mol. The van der Waals surface area contributed by atoms with Crippen molar-refractivity contribution in [3.05, 3.63) is 53.3 Å². The van der Waals surface area contributed by atoms with Crippen molar-refractivity contribution in [2.24, 2.45) is 0 Å². The molecule has 154 valence electrons. The van der Waals surface area contributed by atoms with Gasteiger partial charge in [-0.2, -0.15) is 0 Å². The molecule has 0 spiro atoms. The molecule has 1 amide bonds. The Balaban J connectivity index is 1.36. The van der Waals surface area contributed by atoms with E-state index in [2.05, 4.69) is 58.8 Å². The van der Waals surface area contributed by atoms with E-state index in [-0.39, 0.29) is 5.91 Å². The maximum atomic E-state index is 12.9. The minimum Gasteiger partial charge on any atom is -0.368 e. The number of amides is 1. The van der Waals surface area contributed by atoms with Gasteiger partial charge in [-0.05, 0) is 50.2 Å². The van der Waals surface area contributed by atoms with E-state index in [1.807, 2.05) is 23.2 Å². The van der Waals surface area contributed by atoms with Crippen molar-refractivity contribution in [1.82, 2.24) is 14.8 Å². The van der Waals surface area contributed by atoms with Crippen molar-refractivity contribution < 1.29 is 4.79 Å². The topological polar surface area (TPSA) is 42.9 Å². The highest BCUT2D eigenvalue weighted by Gasteiger charge is 2.24. The van der Waals surface area contributed by atoms with Crippen molar-refractivity contribution >= 4 is 17.3 Å². The Labute approximate surface area is 173 Å². The lowest BCUT2D eigenvalue weighted by Gasteiger charge is -2.37. The van der Waals surface area contributed by atoms with Crippen molar-refractivity contribution in [2.75, 3.05) is 69.2 Å². The molecule has 0 N–H and O–H groups in total. The third-order valence-electron chi connectivity index (χ3n) is 6.32. The van der Waals surface area contributed by atoms with Crippen LogP contribution < -0.4 is 9.80 Å². The van der Waals surface area contributed by atoms with Gasteiger partial charge in [-0.1, -0.05) is 12.1 Å². The number of carbonyl (C=O) groups excluding carboxylic acids is 1. The summed E-state index contributed by atoms with van der Waals surface area (Å²) in [7, 11) is 2.15. The molecule has 2 saturated heterocycles. The lowest BCUT2D eigenvalue weighted by molar-refractivity contribution is 0.0741. The molecule has 2 aliphatic heterocycles. The van der Waals surface area contributed by atoms with E-state index in [1.54, 1.807) is 0 Å². The summed E-state index contributed by atoms with van der Waals surface area (Å²) < 4.78 is 0. The van der Waals surface area contributed by atoms with Gasteiger partial charge in [-0.3, -0.25) is 4.79 Å². The van der Waals surface area contributed by atoms with E-state index in [0.29, 0.717) is 5.69 Å². The van der Waals surface area contributed by atoms with E-state index >= 15 is 0 Å². The summed E-state index contributed by atoms with van der Waals surface area (Å²) in [6, 6.07) is 10.4. The zero-order valence-corrected chi connectivity index (χ0v) is 17.8. The number of aryl methyl sites for hydroxylation is 1. The second kappa shape index (κ2) is 8.41. The summed E-state index contributed by atoms with van der Waals surface area (Å²) >= 11 is 0. The maximum absolute atomic E-state index is 12.9. The number of anilines is 2. The Morgan fingerprint density at radius 1 is 0.862 bits per heavy atom.